The summed E-state index contributed by atoms with van der Waals surface area (Å²) in [7, 11) is 0. The summed E-state index contributed by atoms with van der Waals surface area (Å²) < 4.78 is 3.38. The predicted molar refractivity (Wildman–Crippen MR) is 108 cm³/mol. The van der Waals surface area contributed by atoms with Crippen LogP contribution in [0.3, 0.4) is 0 Å². The molecule has 0 saturated heterocycles. The van der Waals surface area contributed by atoms with Gasteiger partial charge in [-0.3, -0.25) is 4.79 Å². The molecule has 0 aliphatic heterocycles. The van der Waals surface area contributed by atoms with Gasteiger partial charge in [-0.1, -0.05) is 6.07 Å². The number of aromatic nitrogens is 6. The van der Waals surface area contributed by atoms with Gasteiger partial charge in [0, 0.05) is 37.2 Å². The molecule has 9 nitrogen and oxygen atoms in total. The smallest absolute Gasteiger partial charge is 0.251 e. The molecule has 0 aliphatic rings. The van der Waals surface area contributed by atoms with E-state index >= 15 is 0 Å². The molecular formula is C20H20N8O. The van der Waals surface area contributed by atoms with Gasteiger partial charge in [-0.05, 0) is 49.4 Å². The fraction of sp³-hybridized carbons (Fsp3) is 0.150. The number of carbonyl (C=O) groups excluding carboxylic acids is 1. The van der Waals surface area contributed by atoms with Crippen molar-refractivity contribution in [1.82, 2.24) is 35.1 Å². The Bertz CT molecular complexity index is 1090. The Morgan fingerprint density at radius 2 is 1.93 bits per heavy atom. The van der Waals surface area contributed by atoms with Crippen LogP contribution in [0.2, 0.25) is 0 Å². The highest BCUT2D eigenvalue weighted by Crippen LogP contribution is 2.10. The minimum absolute atomic E-state index is 0.142. The summed E-state index contributed by atoms with van der Waals surface area (Å²) in [6.45, 7) is 2.90. The van der Waals surface area contributed by atoms with Crippen LogP contribution in [-0.4, -0.2) is 48.8 Å². The summed E-state index contributed by atoms with van der Waals surface area (Å²) in [6, 6.07) is 14.7. The number of aryl methyl sites for hydroxylation is 1. The number of carbonyl (C=O) groups is 1. The van der Waals surface area contributed by atoms with Gasteiger partial charge in [0.25, 0.3) is 5.91 Å². The predicted octanol–water partition coefficient (Wildman–Crippen LogP) is 2.00. The maximum atomic E-state index is 12.4. The Kier molecular flexibility index (Phi) is 5.28. The second-order valence-corrected chi connectivity index (χ2v) is 6.36. The van der Waals surface area contributed by atoms with Crippen LogP contribution in [-0.2, 0) is 0 Å². The van der Waals surface area contributed by atoms with E-state index in [0.717, 1.165) is 11.4 Å². The minimum atomic E-state index is -0.142. The van der Waals surface area contributed by atoms with Gasteiger partial charge in [-0.2, -0.15) is 10.2 Å². The molecule has 0 saturated carbocycles. The number of anilines is 1. The van der Waals surface area contributed by atoms with Gasteiger partial charge in [-0.25, -0.2) is 9.36 Å². The molecule has 1 aromatic carbocycles. The van der Waals surface area contributed by atoms with Crippen LogP contribution in [0.4, 0.5) is 5.82 Å². The molecule has 0 atom stereocenters. The summed E-state index contributed by atoms with van der Waals surface area (Å²) in [5.74, 6) is 1.14. The zero-order chi connectivity index (χ0) is 20.1. The van der Waals surface area contributed by atoms with Gasteiger partial charge in [0.15, 0.2) is 5.82 Å². The van der Waals surface area contributed by atoms with E-state index in [0.29, 0.717) is 30.3 Å². The average Bonchev–Trinajstić information content (AvgIpc) is 3.44. The Labute approximate surface area is 167 Å². The lowest BCUT2D eigenvalue weighted by Crippen LogP contribution is -2.29. The molecule has 0 radical (unpaired) electrons. The largest absolute Gasteiger partial charge is 0.367 e. The van der Waals surface area contributed by atoms with Crippen molar-refractivity contribution in [1.29, 1.82) is 0 Å². The van der Waals surface area contributed by atoms with E-state index in [9.17, 15) is 4.79 Å². The lowest BCUT2D eigenvalue weighted by molar-refractivity contribution is 0.0955. The monoisotopic (exact) mass is 388 g/mol. The first-order valence-corrected chi connectivity index (χ1v) is 9.17. The number of amides is 1. The van der Waals surface area contributed by atoms with Gasteiger partial charge in [0.1, 0.15) is 5.82 Å². The third-order valence-corrected chi connectivity index (χ3v) is 4.20. The number of benzene rings is 1. The van der Waals surface area contributed by atoms with Gasteiger partial charge in [0.05, 0.1) is 11.4 Å². The molecule has 1 amide bonds. The Morgan fingerprint density at radius 3 is 2.66 bits per heavy atom. The van der Waals surface area contributed by atoms with Crippen LogP contribution >= 0.6 is 0 Å². The first-order chi connectivity index (χ1) is 14.2. The van der Waals surface area contributed by atoms with E-state index in [1.807, 2.05) is 55.7 Å². The first kappa shape index (κ1) is 18.4. The van der Waals surface area contributed by atoms with E-state index in [2.05, 4.69) is 31.0 Å². The highest BCUT2D eigenvalue weighted by molar-refractivity contribution is 5.94. The maximum Gasteiger partial charge on any atom is 0.251 e. The lowest BCUT2D eigenvalue weighted by Gasteiger charge is -2.09. The fourth-order valence-electron chi connectivity index (χ4n) is 2.76. The summed E-state index contributed by atoms with van der Waals surface area (Å²) in [5.41, 5.74) is 2.33. The van der Waals surface area contributed by atoms with Crippen molar-refractivity contribution in [3.05, 3.63) is 78.4 Å². The van der Waals surface area contributed by atoms with Crippen molar-refractivity contribution >= 4 is 11.7 Å². The van der Waals surface area contributed by atoms with Crippen LogP contribution in [0.5, 0.6) is 0 Å². The number of rotatable bonds is 7. The third kappa shape index (κ3) is 4.46. The topological polar surface area (TPSA) is 103 Å². The number of hydrogen-bond acceptors (Lipinski definition) is 6. The summed E-state index contributed by atoms with van der Waals surface area (Å²) >= 11 is 0. The van der Waals surface area contributed by atoms with Gasteiger partial charge >= 0.3 is 0 Å². The van der Waals surface area contributed by atoms with Crippen LogP contribution < -0.4 is 10.6 Å². The molecule has 4 aromatic rings. The molecule has 0 unspecified atom stereocenters. The van der Waals surface area contributed by atoms with Crippen molar-refractivity contribution in [3.8, 4) is 11.5 Å². The van der Waals surface area contributed by atoms with Crippen LogP contribution in [0.1, 0.15) is 16.1 Å². The standard InChI is InChI=1S/C20H20N8O/c1-15-8-13-28(26-15)19-7-6-18(24-25-19)21-10-11-22-20(29)16-4-2-5-17(14-16)27-12-3-9-23-27/h2-9,12-14H,10-11H2,1H3,(H,21,24)(H,22,29). The molecule has 3 heterocycles. The first-order valence-electron chi connectivity index (χ1n) is 9.17. The normalized spacial score (nSPS) is 10.7. The molecule has 29 heavy (non-hydrogen) atoms. The second-order valence-electron chi connectivity index (χ2n) is 6.36. The maximum absolute atomic E-state index is 12.4. The Hall–Kier alpha value is -4.01. The van der Waals surface area contributed by atoms with Gasteiger partial charge < -0.3 is 10.6 Å². The molecule has 0 spiro atoms. The van der Waals surface area contributed by atoms with Crippen LogP contribution in [0.15, 0.2) is 67.1 Å². The van der Waals surface area contributed by atoms with Crippen LogP contribution in [0.25, 0.3) is 11.5 Å². The zero-order valence-corrected chi connectivity index (χ0v) is 15.9. The highest BCUT2D eigenvalue weighted by atomic mass is 16.1. The van der Waals surface area contributed by atoms with E-state index < -0.39 is 0 Å². The van der Waals surface area contributed by atoms with E-state index in [4.69, 9.17) is 0 Å². The molecular weight excluding hydrogens is 368 g/mol. The average molecular weight is 388 g/mol. The summed E-state index contributed by atoms with van der Waals surface area (Å²) in [4.78, 5) is 12.4. The van der Waals surface area contributed by atoms with Crippen molar-refractivity contribution in [3.63, 3.8) is 0 Å². The van der Waals surface area contributed by atoms with Gasteiger partial charge in [0.2, 0.25) is 0 Å². The van der Waals surface area contributed by atoms with Crippen molar-refractivity contribution in [2.24, 2.45) is 0 Å². The fourth-order valence-corrected chi connectivity index (χ4v) is 2.76. The Morgan fingerprint density at radius 1 is 1.00 bits per heavy atom. The lowest BCUT2D eigenvalue weighted by atomic mass is 10.2. The minimum Gasteiger partial charge on any atom is -0.367 e. The summed E-state index contributed by atoms with van der Waals surface area (Å²) in [6.07, 6.45) is 5.37. The van der Waals surface area contributed by atoms with Crippen LogP contribution in [0, 0.1) is 6.92 Å². The van der Waals surface area contributed by atoms with Crippen molar-refractivity contribution < 1.29 is 4.79 Å². The number of nitrogens with zero attached hydrogens (tertiary/aromatic N) is 6. The SMILES string of the molecule is Cc1ccn(-c2ccc(NCCNC(=O)c3cccc(-n4cccn4)c3)nn2)n1. The van der Waals surface area contributed by atoms with E-state index in [1.54, 1.807) is 27.7 Å². The number of nitrogens with one attached hydrogen (secondary N) is 2. The molecule has 0 fully saturated rings. The molecule has 146 valence electrons. The van der Waals surface area contributed by atoms with E-state index in [1.165, 1.54) is 0 Å². The third-order valence-electron chi connectivity index (χ3n) is 4.20. The van der Waals surface area contributed by atoms with Crippen molar-refractivity contribution in [2.45, 2.75) is 6.92 Å². The quantitative estimate of drug-likeness (QED) is 0.470. The Balaban J connectivity index is 1.27. The molecule has 9 heteroatoms. The molecule has 2 N–H and O–H groups in total. The van der Waals surface area contributed by atoms with Crippen molar-refractivity contribution in [2.75, 3.05) is 18.4 Å². The second kappa shape index (κ2) is 8.34. The van der Waals surface area contributed by atoms with Gasteiger partial charge in [-0.15, -0.1) is 10.2 Å². The molecule has 0 aliphatic carbocycles. The zero-order valence-electron chi connectivity index (χ0n) is 15.9. The number of hydrogen-bond donors (Lipinski definition) is 2. The molecule has 3 aromatic heterocycles. The molecule has 0 bridgehead atoms. The van der Waals surface area contributed by atoms with E-state index in [-0.39, 0.29) is 5.91 Å². The summed E-state index contributed by atoms with van der Waals surface area (Å²) in [5, 5.41) is 22.8. The molecule has 4 rings (SSSR count). The highest BCUT2D eigenvalue weighted by Gasteiger charge is 2.07.